The number of pyridine rings is 1. The molecule has 57 heavy (non-hydrogen) atoms. The summed E-state index contributed by atoms with van der Waals surface area (Å²) in [4.78, 5) is 44.9. The molecular formula is C42H47F3N6O6. The molecule has 6 heterocycles. The molecule has 1 N–H and O–H groups in total. The minimum atomic E-state index is -1.07. The van der Waals surface area contributed by atoms with Gasteiger partial charge in [-0.05, 0) is 82.5 Å². The fourth-order valence-electron chi connectivity index (χ4n) is 8.38. The number of esters is 1. The van der Waals surface area contributed by atoms with Crippen LogP contribution in [0.25, 0.3) is 32.9 Å². The predicted octanol–water partition coefficient (Wildman–Crippen LogP) is 7.13. The molecule has 4 saturated heterocycles. The van der Waals surface area contributed by atoms with Crippen LogP contribution in [0.4, 0.5) is 23.8 Å². The number of fused-ring (bicyclic) bond motifs is 5. The summed E-state index contributed by atoms with van der Waals surface area (Å²) in [6, 6.07) is 5.33. The van der Waals surface area contributed by atoms with Crippen LogP contribution >= 0.6 is 0 Å². The summed E-state index contributed by atoms with van der Waals surface area (Å²) < 4.78 is 60.1. The van der Waals surface area contributed by atoms with Gasteiger partial charge in [-0.1, -0.05) is 18.9 Å². The van der Waals surface area contributed by atoms with Crippen LogP contribution in [0, 0.1) is 29.4 Å². The van der Waals surface area contributed by atoms with Crippen LogP contribution in [-0.2, 0) is 14.3 Å². The molecule has 0 radical (unpaired) electrons. The number of anilines is 1. The van der Waals surface area contributed by atoms with Crippen LogP contribution in [0.15, 0.2) is 30.5 Å². The van der Waals surface area contributed by atoms with Crippen molar-refractivity contribution in [3.8, 4) is 35.4 Å². The third-order valence-corrected chi connectivity index (χ3v) is 11.7. The number of aromatic hydroxyl groups is 1. The van der Waals surface area contributed by atoms with Gasteiger partial charge in [0.05, 0.1) is 35.6 Å². The second-order valence-electron chi connectivity index (χ2n) is 15.8. The number of phenolic OH excluding ortho intramolecular Hbond substituents is 1. The number of alkyl halides is 1. The molecule has 4 aliphatic heterocycles. The van der Waals surface area contributed by atoms with Crippen molar-refractivity contribution in [1.29, 1.82) is 0 Å². The van der Waals surface area contributed by atoms with E-state index in [0.29, 0.717) is 61.5 Å². The first-order valence-electron chi connectivity index (χ1n) is 19.4. The zero-order valence-electron chi connectivity index (χ0n) is 32.7. The molecule has 2 aromatic carbocycles. The van der Waals surface area contributed by atoms with Gasteiger partial charge >= 0.3 is 18.1 Å². The molecule has 0 spiro atoms. The minimum Gasteiger partial charge on any atom is -0.508 e. The van der Waals surface area contributed by atoms with Gasteiger partial charge in [-0.25, -0.2) is 18.0 Å². The van der Waals surface area contributed by atoms with Gasteiger partial charge in [0.25, 0.3) is 0 Å². The first-order valence-corrected chi connectivity index (χ1v) is 19.4. The lowest BCUT2D eigenvalue weighted by molar-refractivity contribution is -0.177. The molecule has 4 aliphatic rings. The first-order chi connectivity index (χ1) is 27.2. The molecule has 302 valence electrons. The normalized spacial score (nSPS) is 22.2. The van der Waals surface area contributed by atoms with E-state index in [1.54, 1.807) is 18.7 Å². The number of rotatable bonds is 7. The zero-order valence-corrected chi connectivity index (χ0v) is 32.7. The fourth-order valence-corrected chi connectivity index (χ4v) is 8.38. The Labute approximate surface area is 329 Å². The number of halogens is 3. The number of carbonyl (C=O) groups is 2. The lowest BCUT2D eigenvalue weighted by atomic mass is 9.91. The topological polar surface area (TPSA) is 130 Å². The summed E-state index contributed by atoms with van der Waals surface area (Å²) in [5.41, 5.74) is -0.992. The minimum absolute atomic E-state index is 0.0889. The number of amides is 1. The van der Waals surface area contributed by atoms with Crippen molar-refractivity contribution in [3.05, 3.63) is 47.7 Å². The Morgan fingerprint density at radius 2 is 1.81 bits per heavy atom. The number of hydrogen-bond acceptors (Lipinski definition) is 11. The predicted molar refractivity (Wildman–Crippen MR) is 207 cm³/mol. The largest absolute Gasteiger partial charge is 0.508 e. The highest BCUT2D eigenvalue weighted by molar-refractivity contribution is 6.03. The van der Waals surface area contributed by atoms with E-state index in [-0.39, 0.29) is 51.6 Å². The van der Waals surface area contributed by atoms with Gasteiger partial charge in [-0.15, -0.1) is 6.42 Å². The summed E-state index contributed by atoms with van der Waals surface area (Å²) in [5, 5.41) is 11.4. The van der Waals surface area contributed by atoms with E-state index in [2.05, 4.69) is 25.8 Å². The number of methoxy groups -OCH3 is 1. The number of phenols is 1. The van der Waals surface area contributed by atoms with Crippen molar-refractivity contribution >= 4 is 39.6 Å². The van der Waals surface area contributed by atoms with E-state index in [4.69, 9.17) is 20.6 Å². The molecule has 1 amide bonds. The van der Waals surface area contributed by atoms with Crippen LogP contribution in [0.2, 0.25) is 0 Å². The van der Waals surface area contributed by atoms with Gasteiger partial charge in [0, 0.05) is 49.7 Å². The Kier molecular flexibility index (Phi) is 11.1. The van der Waals surface area contributed by atoms with Crippen molar-refractivity contribution in [2.75, 3.05) is 38.2 Å². The number of ether oxygens (including phenoxy) is 3. The van der Waals surface area contributed by atoms with Crippen molar-refractivity contribution in [2.45, 2.75) is 96.8 Å². The van der Waals surface area contributed by atoms with Gasteiger partial charge in [0.1, 0.15) is 34.8 Å². The third-order valence-electron chi connectivity index (χ3n) is 11.7. The Bertz CT molecular complexity index is 2220. The molecule has 0 saturated carbocycles. The van der Waals surface area contributed by atoms with E-state index >= 15 is 4.39 Å². The van der Waals surface area contributed by atoms with Crippen molar-refractivity contribution < 1.29 is 42.1 Å². The van der Waals surface area contributed by atoms with Crippen molar-refractivity contribution in [3.63, 3.8) is 0 Å². The summed E-state index contributed by atoms with van der Waals surface area (Å²) in [6.45, 7) is 9.48. The van der Waals surface area contributed by atoms with Crippen LogP contribution in [0.5, 0.6) is 11.8 Å². The second-order valence-corrected chi connectivity index (χ2v) is 15.8. The molecule has 2 aromatic heterocycles. The fraction of sp³-hybridized carbons (Fsp3) is 0.500. The summed E-state index contributed by atoms with van der Waals surface area (Å²) in [7, 11) is 1.36. The summed E-state index contributed by atoms with van der Waals surface area (Å²) in [5.74, 6) is 0.549. The molecule has 12 nitrogen and oxygen atoms in total. The van der Waals surface area contributed by atoms with Gasteiger partial charge in [-0.2, -0.15) is 9.97 Å². The number of hydrogen-bond donors (Lipinski definition) is 1. The third kappa shape index (κ3) is 7.71. The highest BCUT2D eigenvalue weighted by Crippen LogP contribution is 2.40. The Morgan fingerprint density at radius 3 is 2.47 bits per heavy atom. The monoisotopic (exact) mass is 788 g/mol. The molecule has 4 fully saturated rings. The van der Waals surface area contributed by atoms with E-state index in [9.17, 15) is 23.5 Å². The molecular weight excluding hydrogens is 741 g/mol. The SMILES string of the molecule is C#Cc1c(F)ccc2cc(O)cc(-c3ncc4c(N5CC6CCC(C5)N6C(=O)OC(C)OC(=O)C(C)(C)CC)nc(OC)nc4c3F)c12.F[C@@H]1CC2CCCN2C1. The smallest absolute Gasteiger partial charge is 0.413 e. The number of aromatic nitrogens is 3. The van der Waals surface area contributed by atoms with E-state index < -0.39 is 41.6 Å². The first kappa shape index (κ1) is 39.9. The zero-order chi connectivity index (χ0) is 40.8. The Morgan fingerprint density at radius 1 is 1.07 bits per heavy atom. The lowest BCUT2D eigenvalue weighted by Gasteiger charge is -2.41. The standard InChI is InChI=1S/C35H35F2N5O6.C7H12FN/c1-7-23-26(36)12-9-19-13-22(43)14-24(27(19)23)29-28(37)30-25(15-38-29)31(40-33(39-30)46-6)41-16-20-10-11-21(17-41)42(20)34(45)48-18(3)47-32(44)35(4,5)8-2;8-6-4-7-2-1-3-9(7)5-6/h1,9,12-15,18,20-21,43H,8,10-11,16-17H2,2-6H3;6-7H,1-5H2/t;6-,7?/m.1/s1. The highest BCUT2D eigenvalue weighted by Gasteiger charge is 2.45. The van der Waals surface area contributed by atoms with Crippen molar-refractivity contribution in [1.82, 2.24) is 24.8 Å². The van der Waals surface area contributed by atoms with Crippen LogP contribution < -0.4 is 9.64 Å². The molecule has 8 rings (SSSR count). The van der Waals surface area contributed by atoms with Gasteiger partial charge < -0.3 is 24.2 Å². The molecule has 0 aliphatic carbocycles. The maximum Gasteiger partial charge on any atom is 0.413 e. The van der Waals surface area contributed by atoms with E-state index in [1.807, 2.05) is 11.8 Å². The number of terminal acetylenes is 1. The number of nitrogens with zero attached hydrogens (tertiary/aromatic N) is 6. The maximum absolute atomic E-state index is 16.5. The van der Waals surface area contributed by atoms with Crippen LogP contribution in [0.3, 0.4) is 0 Å². The maximum atomic E-state index is 16.5. The molecule has 5 atom stereocenters. The van der Waals surface area contributed by atoms with Crippen molar-refractivity contribution in [2.24, 2.45) is 5.41 Å². The van der Waals surface area contributed by atoms with Crippen LogP contribution in [0.1, 0.15) is 71.8 Å². The van der Waals surface area contributed by atoms with E-state index in [1.165, 1.54) is 57.3 Å². The number of benzene rings is 2. The summed E-state index contributed by atoms with van der Waals surface area (Å²) in [6.07, 6.45) is 10.2. The molecule has 2 bridgehead atoms. The van der Waals surface area contributed by atoms with Gasteiger partial charge in [0.2, 0.25) is 6.29 Å². The summed E-state index contributed by atoms with van der Waals surface area (Å²) >= 11 is 0. The molecule has 15 heteroatoms. The van der Waals surface area contributed by atoms with Crippen LogP contribution in [-0.4, -0.2) is 106 Å². The number of carbonyl (C=O) groups excluding carboxylic acids is 2. The highest BCUT2D eigenvalue weighted by atomic mass is 19.1. The lowest BCUT2D eigenvalue weighted by Crippen LogP contribution is -2.56. The van der Waals surface area contributed by atoms with Gasteiger partial charge in [0.15, 0.2) is 5.82 Å². The average Bonchev–Trinajstić information content (AvgIpc) is 3.85. The molecule has 4 unspecified atom stereocenters. The van der Waals surface area contributed by atoms with E-state index in [0.717, 1.165) is 13.0 Å². The quantitative estimate of drug-likeness (QED) is 0.117. The Balaban J connectivity index is 0.000000480. The second kappa shape index (κ2) is 15.9. The number of piperazine rings is 1. The Hall–Kier alpha value is -5.36. The average molecular weight is 789 g/mol. The molecule has 4 aromatic rings. The van der Waals surface area contributed by atoms with Gasteiger partial charge in [-0.3, -0.25) is 19.6 Å².